The Kier molecular flexibility index (Phi) is 4.08. The lowest BCUT2D eigenvalue weighted by atomic mass is 10.1. The number of aromatic nitrogens is 3. The predicted octanol–water partition coefficient (Wildman–Crippen LogP) is 4.26. The van der Waals surface area contributed by atoms with Gasteiger partial charge in [-0.25, -0.2) is 4.39 Å². The summed E-state index contributed by atoms with van der Waals surface area (Å²) in [6.45, 7) is 1.39. The zero-order chi connectivity index (χ0) is 16.4. The molecule has 0 unspecified atom stereocenters. The third-order valence-corrected chi connectivity index (χ3v) is 3.48. The quantitative estimate of drug-likeness (QED) is 0.725. The van der Waals surface area contributed by atoms with Gasteiger partial charge in [0.25, 0.3) is 5.88 Å². The van der Waals surface area contributed by atoms with E-state index in [1.807, 2.05) is 0 Å². The zero-order valence-electron chi connectivity index (χ0n) is 12.0. The summed E-state index contributed by atoms with van der Waals surface area (Å²) in [7, 11) is 0. The van der Waals surface area contributed by atoms with Crippen molar-refractivity contribution in [1.82, 2.24) is 15.4 Å². The topological polar surface area (TPSA) is 67.9 Å². The average molecular weight is 332 g/mol. The normalized spacial score (nSPS) is 10.6. The highest BCUT2D eigenvalue weighted by atomic mass is 35.5. The Morgan fingerprint density at radius 3 is 2.52 bits per heavy atom. The first-order chi connectivity index (χ1) is 11.0. The number of rotatable bonds is 4. The molecule has 116 valence electrons. The Morgan fingerprint density at radius 1 is 1.17 bits per heavy atom. The molecular formula is C16H11ClFN3O2. The van der Waals surface area contributed by atoms with Gasteiger partial charge in [0, 0.05) is 6.92 Å². The van der Waals surface area contributed by atoms with Gasteiger partial charge in [0.15, 0.2) is 11.5 Å². The van der Waals surface area contributed by atoms with Crippen LogP contribution in [0.5, 0.6) is 11.6 Å². The molecule has 0 aliphatic rings. The summed E-state index contributed by atoms with van der Waals surface area (Å²) in [4.78, 5) is 11.4. The summed E-state index contributed by atoms with van der Waals surface area (Å²) in [5.41, 5.74) is 1.85. The molecule has 0 bridgehead atoms. The van der Waals surface area contributed by atoms with Gasteiger partial charge in [0.05, 0.1) is 5.02 Å². The van der Waals surface area contributed by atoms with E-state index in [-0.39, 0.29) is 22.4 Å². The van der Waals surface area contributed by atoms with E-state index in [4.69, 9.17) is 16.3 Å². The Bertz CT molecular complexity index is 862. The van der Waals surface area contributed by atoms with Crippen LogP contribution in [-0.2, 0) is 0 Å². The van der Waals surface area contributed by atoms with Crippen LogP contribution < -0.4 is 4.74 Å². The third kappa shape index (κ3) is 3.22. The number of halogens is 2. The van der Waals surface area contributed by atoms with Crippen molar-refractivity contribution in [3.63, 3.8) is 0 Å². The van der Waals surface area contributed by atoms with Crippen LogP contribution in [0.3, 0.4) is 0 Å². The fraction of sp³-hybridized carbons (Fsp3) is 0.0625. The van der Waals surface area contributed by atoms with Crippen LogP contribution in [0.15, 0.2) is 42.5 Å². The van der Waals surface area contributed by atoms with E-state index in [2.05, 4.69) is 15.4 Å². The lowest BCUT2D eigenvalue weighted by molar-refractivity contribution is 0.101. The molecule has 1 heterocycles. The molecular weight excluding hydrogens is 321 g/mol. The number of benzene rings is 2. The van der Waals surface area contributed by atoms with E-state index in [1.54, 1.807) is 36.4 Å². The van der Waals surface area contributed by atoms with Gasteiger partial charge in [-0.15, -0.1) is 0 Å². The molecule has 0 aliphatic heterocycles. The molecule has 0 radical (unpaired) electrons. The molecule has 5 nitrogen and oxygen atoms in total. The van der Waals surface area contributed by atoms with Gasteiger partial charge in [0.1, 0.15) is 11.6 Å². The second-order valence-electron chi connectivity index (χ2n) is 4.80. The minimum absolute atomic E-state index is 0.0662. The van der Waals surface area contributed by atoms with Crippen molar-refractivity contribution in [3.8, 4) is 22.8 Å². The highest BCUT2D eigenvalue weighted by molar-refractivity contribution is 6.31. The van der Waals surface area contributed by atoms with Crippen LogP contribution in [0, 0.1) is 5.82 Å². The molecule has 1 aromatic heterocycles. The van der Waals surface area contributed by atoms with Crippen LogP contribution in [0.25, 0.3) is 11.1 Å². The molecule has 0 amide bonds. The van der Waals surface area contributed by atoms with Crippen molar-refractivity contribution >= 4 is 17.4 Å². The van der Waals surface area contributed by atoms with Gasteiger partial charge >= 0.3 is 0 Å². The highest BCUT2D eigenvalue weighted by Crippen LogP contribution is 2.28. The smallest absolute Gasteiger partial charge is 0.269 e. The fourth-order valence-corrected chi connectivity index (χ4v) is 2.20. The van der Waals surface area contributed by atoms with Crippen molar-refractivity contribution in [2.45, 2.75) is 6.92 Å². The Morgan fingerprint density at radius 2 is 1.87 bits per heavy atom. The summed E-state index contributed by atoms with van der Waals surface area (Å²) in [5, 5.41) is 9.83. The number of nitrogens with zero attached hydrogens (tertiary/aromatic N) is 2. The standard InChI is InChI=1S/C16H11ClFN3O2/c1-9(22)15-16(20-21-19-15)23-12-5-2-10(3-6-12)11-4-7-14(18)13(17)8-11/h2-8H,1H3,(H,19,20,21). The second-order valence-corrected chi connectivity index (χ2v) is 5.21. The number of hydrogen-bond donors (Lipinski definition) is 1. The molecule has 23 heavy (non-hydrogen) atoms. The van der Waals surface area contributed by atoms with Crippen LogP contribution in [-0.4, -0.2) is 21.2 Å². The van der Waals surface area contributed by atoms with E-state index in [0.717, 1.165) is 11.1 Å². The van der Waals surface area contributed by atoms with Crippen LogP contribution >= 0.6 is 11.6 Å². The summed E-state index contributed by atoms with van der Waals surface area (Å²) >= 11 is 5.79. The molecule has 0 spiro atoms. The first-order valence-corrected chi connectivity index (χ1v) is 7.07. The largest absolute Gasteiger partial charge is 0.436 e. The number of nitrogens with one attached hydrogen (secondary N) is 1. The average Bonchev–Trinajstić information content (AvgIpc) is 2.99. The molecule has 1 N–H and O–H groups in total. The van der Waals surface area contributed by atoms with E-state index < -0.39 is 5.82 Å². The lowest BCUT2D eigenvalue weighted by Crippen LogP contribution is -1.96. The monoisotopic (exact) mass is 331 g/mol. The highest BCUT2D eigenvalue weighted by Gasteiger charge is 2.13. The van der Waals surface area contributed by atoms with Gasteiger partial charge in [0.2, 0.25) is 0 Å². The molecule has 0 aliphatic carbocycles. The SMILES string of the molecule is CC(=O)c1[nH]nnc1Oc1ccc(-c2ccc(F)c(Cl)c2)cc1. The molecule has 3 aromatic rings. The Balaban J connectivity index is 1.83. The van der Waals surface area contributed by atoms with E-state index >= 15 is 0 Å². The fourth-order valence-electron chi connectivity index (χ4n) is 2.02. The predicted molar refractivity (Wildman–Crippen MR) is 83.3 cm³/mol. The van der Waals surface area contributed by atoms with Crippen molar-refractivity contribution in [2.24, 2.45) is 0 Å². The maximum atomic E-state index is 13.2. The third-order valence-electron chi connectivity index (χ3n) is 3.19. The minimum atomic E-state index is -0.460. The zero-order valence-corrected chi connectivity index (χ0v) is 12.8. The molecule has 0 fully saturated rings. The molecule has 2 aromatic carbocycles. The molecule has 7 heteroatoms. The number of carbonyl (C=O) groups is 1. The molecule has 0 saturated heterocycles. The summed E-state index contributed by atoms with van der Waals surface area (Å²) in [6, 6.07) is 11.5. The van der Waals surface area contributed by atoms with Gasteiger partial charge in [-0.3, -0.25) is 9.89 Å². The number of aromatic amines is 1. The van der Waals surface area contributed by atoms with Gasteiger partial charge in [-0.05, 0) is 35.4 Å². The van der Waals surface area contributed by atoms with E-state index in [1.165, 1.54) is 13.0 Å². The summed E-state index contributed by atoms with van der Waals surface area (Å²) in [5.74, 6) is -0.0610. The number of carbonyl (C=O) groups excluding carboxylic acids is 1. The molecule has 0 saturated carbocycles. The molecule has 0 atom stereocenters. The minimum Gasteiger partial charge on any atom is -0.436 e. The maximum absolute atomic E-state index is 13.2. The van der Waals surface area contributed by atoms with Crippen LogP contribution in [0.2, 0.25) is 5.02 Å². The number of hydrogen-bond acceptors (Lipinski definition) is 4. The van der Waals surface area contributed by atoms with E-state index in [0.29, 0.717) is 5.75 Å². The second kappa shape index (κ2) is 6.18. The van der Waals surface area contributed by atoms with Crippen LogP contribution in [0.1, 0.15) is 17.4 Å². The summed E-state index contributed by atoms with van der Waals surface area (Å²) < 4.78 is 18.7. The van der Waals surface area contributed by atoms with Crippen molar-refractivity contribution < 1.29 is 13.9 Å². The number of ketones is 1. The number of ether oxygens (including phenoxy) is 1. The number of Topliss-reactive ketones (excluding diaryl/α,β-unsaturated/α-hetero) is 1. The number of H-pyrrole nitrogens is 1. The Labute approximate surface area is 136 Å². The summed E-state index contributed by atoms with van der Waals surface area (Å²) in [6.07, 6.45) is 0. The Hall–Kier alpha value is -2.73. The van der Waals surface area contributed by atoms with Crippen molar-refractivity contribution in [3.05, 3.63) is 59.0 Å². The lowest BCUT2D eigenvalue weighted by Gasteiger charge is -2.06. The van der Waals surface area contributed by atoms with Crippen molar-refractivity contribution in [2.75, 3.05) is 0 Å². The first-order valence-electron chi connectivity index (χ1n) is 6.70. The van der Waals surface area contributed by atoms with Gasteiger partial charge < -0.3 is 4.74 Å². The van der Waals surface area contributed by atoms with Gasteiger partial charge in [-0.1, -0.05) is 40.1 Å². The maximum Gasteiger partial charge on any atom is 0.269 e. The van der Waals surface area contributed by atoms with Crippen molar-refractivity contribution in [1.29, 1.82) is 0 Å². The van der Waals surface area contributed by atoms with Gasteiger partial charge in [-0.2, -0.15) is 0 Å². The first kappa shape index (κ1) is 15.2. The van der Waals surface area contributed by atoms with E-state index in [9.17, 15) is 9.18 Å². The van der Waals surface area contributed by atoms with Crippen LogP contribution in [0.4, 0.5) is 4.39 Å². The molecule has 3 rings (SSSR count).